The number of ether oxygens (including phenoxy) is 1. The Morgan fingerprint density at radius 2 is 1.74 bits per heavy atom. The van der Waals surface area contributed by atoms with E-state index in [1.807, 2.05) is 6.92 Å². The molecule has 0 radical (unpaired) electrons. The van der Waals surface area contributed by atoms with Gasteiger partial charge in [-0.1, -0.05) is 6.07 Å². The maximum atomic E-state index is 12.4. The van der Waals surface area contributed by atoms with Crippen LogP contribution in [0.3, 0.4) is 0 Å². The Balaban J connectivity index is 1.66. The maximum Gasteiger partial charge on any atom is 0.255 e. The first-order valence-corrected chi connectivity index (χ1v) is 8.53. The molecular weight excluding hydrogens is 342 g/mol. The Kier molecular flexibility index (Phi) is 5.79. The van der Waals surface area contributed by atoms with E-state index in [2.05, 4.69) is 15.6 Å². The van der Waals surface area contributed by atoms with Gasteiger partial charge in [0.1, 0.15) is 11.5 Å². The van der Waals surface area contributed by atoms with Crippen LogP contribution in [-0.4, -0.2) is 23.3 Å². The summed E-state index contributed by atoms with van der Waals surface area (Å²) in [5.41, 5.74) is 1.53. The molecule has 0 bridgehead atoms. The van der Waals surface area contributed by atoms with E-state index in [4.69, 9.17) is 4.74 Å². The van der Waals surface area contributed by atoms with Crippen LogP contribution in [-0.2, 0) is 0 Å². The van der Waals surface area contributed by atoms with Crippen LogP contribution in [0.2, 0.25) is 0 Å². The standard InChI is InChI=1S/C21H19N3O3/c1-2-23-20(25)16-5-3-6-17(13-16)24-21(26)15-8-10-18(11-9-15)27-19-7-4-12-22-14-19/h3-14H,2H2,1H3,(H,23,25)(H,24,26). The quantitative estimate of drug-likeness (QED) is 0.698. The average Bonchev–Trinajstić information content (AvgIpc) is 2.70. The lowest BCUT2D eigenvalue weighted by Crippen LogP contribution is -2.22. The van der Waals surface area contributed by atoms with Crippen LogP contribution in [0.4, 0.5) is 5.69 Å². The van der Waals surface area contributed by atoms with Gasteiger partial charge in [0, 0.05) is 29.6 Å². The summed E-state index contributed by atoms with van der Waals surface area (Å²) in [4.78, 5) is 28.3. The van der Waals surface area contributed by atoms with Crippen molar-refractivity contribution in [3.8, 4) is 11.5 Å². The van der Waals surface area contributed by atoms with Gasteiger partial charge < -0.3 is 15.4 Å². The average molecular weight is 361 g/mol. The normalized spacial score (nSPS) is 10.1. The highest BCUT2D eigenvalue weighted by atomic mass is 16.5. The van der Waals surface area contributed by atoms with Crippen LogP contribution in [0.1, 0.15) is 27.6 Å². The lowest BCUT2D eigenvalue weighted by molar-refractivity contribution is 0.0954. The number of hydrogen-bond donors (Lipinski definition) is 2. The number of carbonyl (C=O) groups is 2. The fourth-order valence-corrected chi connectivity index (χ4v) is 2.42. The highest BCUT2D eigenvalue weighted by Crippen LogP contribution is 2.21. The summed E-state index contributed by atoms with van der Waals surface area (Å²) in [7, 11) is 0. The largest absolute Gasteiger partial charge is 0.456 e. The minimum absolute atomic E-state index is 0.175. The van der Waals surface area contributed by atoms with Gasteiger partial charge in [-0.05, 0) is 61.5 Å². The zero-order valence-electron chi connectivity index (χ0n) is 14.8. The molecule has 2 N–H and O–H groups in total. The smallest absolute Gasteiger partial charge is 0.255 e. The van der Waals surface area contributed by atoms with Crippen molar-refractivity contribution in [3.63, 3.8) is 0 Å². The second kappa shape index (κ2) is 8.62. The molecule has 1 aromatic heterocycles. The summed E-state index contributed by atoms with van der Waals surface area (Å²) in [5, 5.41) is 5.53. The van der Waals surface area contributed by atoms with Gasteiger partial charge in [-0.2, -0.15) is 0 Å². The number of nitrogens with one attached hydrogen (secondary N) is 2. The molecule has 0 spiro atoms. The summed E-state index contributed by atoms with van der Waals surface area (Å²) in [6.45, 7) is 2.40. The van der Waals surface area contributed by atoms with Crippen LogP contribution in [0.25, 0.3) is 0 Å². The first kappa shape index (κ1) is 18.1. The number of nitrogens with zero attached hydrogens (tertiary/aromatic N) is 1. The fraction of sp³-hybridized carbons (Fsp3) is 0.0952. The van der Waals surface area contributed by atoms with E-state index in [9.17, 15) is 9.59 Å². The number of hydrogen-bond acceptors (Lipinski definition) is 4. The predicted octanol–water partition coefficient (Wildman–Crippen LogP) is 3.88. The Bertz CT molecular complexity index is 925. The van der Waals surface area contributed by atoms with Crippen molar-refractivity contribution in [2.24, 2.45) is 0 Å². The third kappa shape index (κ3) is 4.92. The van der Waals surface area contributed by atoms with Crippen LogP contribution >= 0.6 is 0 Å². The molecule has 2 amide bonds. The van der Waals surface area contributed by atoms with E-state index in [1.54, 1.807) is 73.1 Å². The molecular formula is C21H19N3O3. The van der Waals surface area contributed by atoms with Crippen LogP contribution in [0.5, 0.6) is 11.5 Å². The van der Waals surface area contributed by atoms with E-state index < -0.39 is 0 Å². The van der Waals surface area contributed by atoms with Crippen molar-refractivity contribution >= 4 is 17.5 Å². The van der Waals surface area contributed by atoms with Gasteiger partial charge in [0.2, 0.25) is 0 Å². The number of carbonyl (C=O) groups excluding carboxylic acids is 2. The van der Waals surface area contributed by atoms with Crippen molar-refractivity contribution in [2.75, 3.05) is 11.9 Å². The molecule has 0 saturated carbocycles. The van der Waals surface area contributed by atoms with E-state index in [-0.39, 0.29) is 11.8 Å². The van der Waals surface area contributed by atoms with E-state index in [0.717, 1.165) is 0 Å². The highest BCUT2D eigenvalue weighted by Gasteiger charge is 2.09. The number of pyridine rings is 1. The van der Waals surface area contributed by atoms with Crippen LogP contribution in [0, 0.1) is 0 Å². The first-order chi connectivity index (χ1) is 13.2. The monoisotopic (exact) mass is 361 g/mol. The molecule has 0 aliphatic rings. The second-order valence-electron chi connectivity index (χ2n) is 5.71. The van der Waals surface area contributed by atoms with Gasteiger partial charge >= 0.3 is 0 Å². The number of aromatic nitrogens is 1. The first-order valence-electron chi connectivity index (χ1n) is 8.53. The van der Waals surface area contributed by atoms with E-state index in [1.165, 1.54) is 0 Å². The van der Waals surface area contributed by atoms with Gasteiger partial charge in [-0.25, -0.2) is 0 Å². The van der Waals surface area contributed by atoms with E-state index >= 15 is 0 Å². The molecule has 0 aliphatic heterocycles. The summed E-state index contributed by atoms with van der Waals surface area (Å²) in [6, 6.07) is 17.2. The van der Waals surface area contributed by atoms with Crippen molar-refractivity contribution in [1.82, 2.24) is 10.3 Å². The molecule has 3 aromatic rings. The number of benzene rings is 2. The van der Waals surface area contributed by atoms with Crippen molar-refractivity contribution in [1.29, 1.82) is 0 Å². The number of rotatable bonds is 6. The molecule has 6 heteroatoms. The molecule has 0 fully saturated rings. The lowest BCUT2D eigenvalue weighted by atomic mass is 10.1. The van der Waals surface area contributed by atoms with Gasteiger partial charge in [0.15, 0.2) is 0 Å². The number of anilines is 1. The van der Waals surface area contributed by atoms with Gasteiger partial charge in [0.05, 0.1) is 6.20 Å². The summed E-state index contributed by atoms with van der Waals surface area (Å²) in [6.07, 6.45) is 3.28. The van der Waals surface area contributed by atoms with Crippen molar-refractivity contribution < 1.29 is 14.3 Å². The molecule has 27 heavy (non-hydrogen) atoms. The number of amides is 2. The minimum Gasteiger partial charge on any atom is -0.456 e. The molecule has 136 valence electrons. The molecule has 0 unspecified atom stereocenters. The fourth-order valence-electron chi connectivity index (χ4n) is 2.42. The SMILES string of the molecule is CCNC(=O)c1cccc(NC(=O)c2ccc(Oc3cccnc3)cc2)c1. The highest BCUT2D eigenvalue weighted by molar-refractivity contribution is 6.05. The zero-order valence-corrected chi connectivity index (χ0v) is 14.8. The maximum absolute atomic E-state index is 12.4. The predicted molar refractivity (Wildman–Crippen MR) is 103 cm³/mol. The summed E-state index contributed by atoms with van der Waals surface area (Å²) >= 11 is 0. The Morgan fingerprint density at radius 3 is 2.44 bits per heavy atom. The lowest BCUT2D eigenvalue weighted by Gasteiger charge is -2.09. The summed E-state index contributed by atoms with van der Waals surface area (Å²) in [5.74, 6) is 0.788. The second-order valence-corrected chi connectivity index (χ2v) is 5.71. The minimum atomic E-state index is -0.268. The summed E-state index contributed by atoms with van der Waals surface area (Å²) < 4.78 is 5.66. The van der Waals surface area contributed by atoms with Crippen LogP contribution in [0.15, 0.2) is 73.1 Å². The van der Waals surface area contributed by atoms with Crippen LogP contribution < -0.4 is 15.4 Å². The van der Waals surface area contributed by atoms with Crippen molar-refractivity contribution in [2.45, 2.75) is 6.92 Å². The third-order valence-corrected chi connectivity index (χ3v) is 3.71. The zero-order chi connectivity index (χ0) is 19.1. The molecule has 0 saturated heterocycles. The molecule has 0 aliphatic carbocycles. The van der Waals surface area contributed by atoms with E-state index in [0.29, 0.717) is 34.9 Å². The Morgan fingerprint density at radius 1 is 0.926 bits per heavy atom. The molecule has 3 rings (SSSR count). The molecule has 6 nitrogen and oxygen atoms in total. The topological polar surface area (TPSA) is 80.3 Å². The Labute approximate surface area is 157 Å². The van der Waals surface area contributed by atoms with Gasteiger partial charge in [-0.15, -0.1) is 0 Å². The van der Waals surface area contributed by atoms with Crippen molar-refractivity contribution in [3.05, 3.63) is 84.2 Å². The molecule has 1 heterocycles. The van der Waals surface area contributed by atoms with Gasteiger partial charge in [0.25, 0.3) is 11.8 Å². The van der Waals surface area contributed by atoms with Gasteiger partial charge in [-0.3, -0.25) is 14.6 Å². The third-order valence-electron chi connectivity index (χ3n) is 3.71. The molecule has 2 aromatic carbocycles. The Hall–Kier alpha value is -3.67. The molecule has 0 atom stereocenters.